The second kappa shape index (κ2) is 10.1. The number of likely N-dealkylation sites (N-methyl/N-ethyl adjacent to an activating group) is 1. The van der Waals surface area contributed by atoms with Crippen LogP contribution in [0.4, 0.5) is 5.13 Å². The van der Waals surface area contributed by atoms with Gasteiger partial charge in [-0.2, -0.15) is 0 Å². The Hall–Kier alpha value is -1.95. The van der Waals surface area contributed by atoms with E-state index in [2.05, 4.69) is 51.7 Å². The average Bonchev–Trinajstić information content (AvgIpc) is 3.17. The molecule has 0 N–H and O–H groups in total. The van der Waals surface area contributed by atoms with Crippen LogP contribution in [0.3, 0.4) is 0 Å². The summed E-state index contributed by atoms with van der Waals surface area (Å²) in [5, 5.41) is 1.41. The third-order valence-corrected chi connectivity index (χ3v) is 7.46. The summed E-state index contributed by atoms with van der Waals surface area (Å²) in [6.07, 6.45) is 0.374. The number of amides is 1. The first-order chi connectivity index (χ1) is 14.7. The van der Waals surface area contributed by atoms with Gasteiger partial charge >= 0.3 is 0 Å². The molecule has 0 bridgehead atoms. The Morgan fingerprint density at radius 2 is 1.65 bits per heavy atom. The van der Waals surface area contributed by atoms with E-state index in [4.69, 9.17) is 16.6 Å². The summed E-state index contributed by atoms with van der Waals surface area (Å²) in [4.78, 5) is 22.6. The minimum absolute atomic E-state index is 0.0787. The Kier molecular flexibility index (Phi) is 7.73. The van der Waals surface area contributed by atoms with Crippen molar-refractivity contribution in [3.63, 3.8) is 0 Å². The molecule has 0 unspecified atom stereocenters. The van der Waals surface area contributed by atoms with Crippen LogP contribution in [0, 0.1) is 27.7 Å². The maximum Gasteiger partial charge on any atom is 0.233 e. The lowest BCUT2D eigenvalue weighted by Crippen LogP contribution is -2.39. The Morgan fingerprint density at radius 3 is 2.23 bits per heavy atom. The van der Waals surface area contributed by atoms with E-state index in [1.54, 1.807) is 0 Å². The summed E-state index contributed by atoms with van der Waals surface area (Å²) < 4.78 is 0.944. The summed E-state index contributed by atoms with van der Waals surface area (Å²) in [5.74, 6) is 0.0787. The fourth-order valence-electron chi connectivity index (χ4n) is 4.05. The van der Waals surface area contributed by atoms with E-state index in [9.17, 15) is 4.79 Å². The maximum absolute atomic E-state index is 13.6. The van der Waals surface area contributed by atoms with Crippen LogP contribution >= 0.6 is 22.9 Å². The fraction of sp³-hybridized carbons (Fsp3) is 0.440. The SMILES string of the molecule is CCN(CC)CCN(C(=O)Cc1c(C)cc(C)cc1C)c1nc2c(C)ccc(Cl)c2s1. The van der Waals surface area contributed by atoms with Crippen molar-refractivity contribution < 1.29 is 4.79 Å². The van der Waals surface area contributed by atoms with Gasteiger partial charge in [-0.05, 0) is 69.1 Å². The molecule has 166 valence electrons. The first-order valence-corrected chi connectivity index (χ1v) is 12.1. The first kappa shape index (κ1) is 23.7. The Morgan fingerprint density at radius 1 is 1.00 bits per heavy atom. The van der Waals surface area contributed by atoms with Crippen LogP contribution in [0.25, 0.3) is 10.2 Å². The smallest absolute Gasteiger partial charge is 0.233 e. The number of nitrogens with zero attached hydrogens (tertiary/aromatic N) is 3. The highest BCUT2D eigenvalue weighted by atomic mass is 35.5. The van der Waals surface area contributed by atoms with Gasteiger partial charge in [-0.1, -0.05) is 60.5 Å². The molecule has 4 nitrogen and oxygen atoms in total. The second-order valence-corrected chi connectivity index (χ2v) is 9.55. The third kappa shape index (κ3) is 5.28. The topological polar surface area (TPSA) is 36.4 Å². The fourth-order valence-corrected chi connectivity index (χ4v) is 5.41. The number of carbonyl (C=O) groups excluding carboxylic acids is 1. The molecule has 0 aliphatic heterocycles. The number of benzene rings is 2. The predicted octanol–water partition coefficient (Wildman–Crippen LogP) is 6.10. The number of aryl methyl sites for hydroxylation is 4. The monoisotopic (exact) mass is 457 g/mol. The summed E-state index contributed by atoms with van der Waals surface area (Å²) in [5.41, 5.74) is 6.62. The van der Waals surface area contributed by atoms with Gasteiger partial charge in [-0.15, -0.1) is 0 Å². The number of fused-ring (bicyclic) bond motifs is 1. The summed E-state index contributed by atoms with van der Waals surface area (Å²) in [7, 11) is 0. The molecule has 0 fully saturated rings. The van der Waals surface area contributed by atoms with Gasteiger partial charge in [0.05, 0.1) is 21.7 Å². The molecule has 6 heteroatoms. The molecule has 0 atom stereocenters. The zero-order valence-corrected chi connectivity index (χ0v) is 21.0. The number of carbonyl (C=O) groups is 1. The molecule has 0 aliphatic rings. The van der Waals surface area contributed by atoms with Crippen LogP contribution in [0.1, 0.15) is 41.7 Å². The second-order valence-electron chi connectivity index (χ2n) is 8.16. The summed E-state index contributed by atoms with van der Waals surface area (Å²) >= 11 is 7.95. The van der Waals surface area contributed by atoms with Crippen LogP contribution in [0.15, 0.2) is 24.3 Å². The Balaban J connectivity index is 1.97. The third-order valence-electron chi connectivity index (χ3n) is 5.92. The summed E-state index contributed by atoms with van der Waals surface area (Å²) in [6, 6.07) is 8.19. The van der Waals surface area contributed by atoms with Crippen molar-refractivity contribution in [1.82, 2.24) is 9.88 Å². The van der Waals surface area contributed by atoms with Crippen molar-refractivity contribution in [2.45, 2.75) is 48.0 Å². The van der Waals surface area contributed by atoms with E-state index in [0.29, 0.717) is 18.0 Å². The lowest BCUT2D eigenvalue weighted by atomic mass is 9.97. The van der Waals surface area contributed by atoms with Gasteiger partial charge in [0, 0.05) is 13.1 Å². The van der Waals surface area contributed by atoms with Gasteiger partial charge in [0.15, 0.2) is 5.13 Å². The minimum Gasteiger partial charge on any atom is -0.302 e. The lowest BCUT2D eigenvalue weighted by Gasteiger charge is -2.25. The molecule has 0 saturated carbocycles. The van der Waals surface area contributed by atoms with Gasteiger partial charge in [0.25, 0.3) is 0 Å². The van der Waals surface area contributed by atoms with Crippen molar-refractivity contribution >= 4 is 44.2 Å². The molecule has 3 aromatic rings. The molecule has 0 spiro atoms. The first-order valence-electron chi connectivity index (χ1n) is 10.9. The van der Waals surface area contributed by atoms with Crippen molar-refractivity contribution in [2.24, 2.45) is 0 Å². The Labute approximate surface area is 194 Å². The van der Waals surface area contributed by atoms with Crippen LogP contribution in [-0.2, 0) is 11.2 Å². The van der Waals surface area contributed by atoms with Gasteiger partial charge < -0.3 is 4.90 Å². The lowest BCUT2D eigenvalue weighted by molar-refractivity contribution is -0.118. The van der Waals surface area contributed by atoms with Crippen molar-refractivity contribution in [3.8, 4) is 0 Å². The molecule has 1 amide bonds. The Bertz CT molecular complexity index is 1030. The van der Waals surface area contributed by atoms with E-state index in [0.717, 1.165) is 57.2 Å². The molecule has 0 saturated heterocycles. The van der Waals surface area contributed by atoms with Crippen LogP contribution < -0.4 is 4.90 Å². The van der Waals surface area contributed by atoms with Crippen LogP contribution in [0.2, 0.25) is 5.02 Å². The number of aromatic nitrogens is 1. The highest BCUT2D eigenvalue weighted by Crippen LogP contribution is 2.36. The maximum atomic E-state index is 13.6. The number of thiazole rings is 1. The van der Waals surface area contributed by atoms with E-state index < -0.39 is 0 Å². The molecule has 0 radical (unpaired) electrons. The molecular formula is C25H32ClN3OS. The van der Waals surface area contributed by atoms with Crippen LogP contribution in [-0.4, -0.2) is 42.0 Å². The molecule has 0 aliphatic carbocycles. The molecule has 1 aromatic heterocycles. The largest absolute Gasteiger partial charge is 0.302 e. The van der Waals surface area contributed by atoms with E-state index in [-0.39, 0.29) is 5.91 Å². The van der Waals surface area contributed by atoms with Gasteiger partial charge in [-0.3, -0.25) is 9.69 Å². The highest BCUT2D eigenvalue weighted by molar-refractivity contribution is 7.23. The summed E-state index contributed by atoms with van der Waals surface area (Å²) in [6.45, 7) is 15.9. The minimum atomic E-state index is 0.0787. The van der Waals surface area contributed by atoms with E-state index in [1.165, 1.54) is 16.9 Å². The molecule has 1 heterocycles. The van der Waals surface area contributed by atoms with E-state index in [1.807, 2.05) is 24.0 Å². The average molecular weight is 458 g/mol. The van der Waals surface area contributed by atoms with Gasteiger partial charge in [0.1, 0.15) is 0 Å². The zero-order valence-electron chi connectivity index (χ0n) is 19.4. The standard InChI is InChI=1S/C25H32ClN3OS/c1-7-28(8-2)11-12-29(22(30)15-20-18(5)13-16(3)14-19(20)6)25-27-23-17(4)9-10-21(26)24(23)31-25/h9-10,13-14H,7-8,11-12,15H2,1-6H3. The number of hydrogen-bond donors (Lipinski definition) is 0. The van der Waals surface area contributed by atoms with Gasteiger partial charge in [0.2, 0.25) is 5.91 Å². The molecule has 31 heavy (non-hydrogen) atoms. The highest BCUT2D eigenvalue weighted by Gasteiger charge is 2.23. The number of hydrogen-bond acceptors (Lipinski definition) is 4. The number of rotatable bonds is 8. The quantitative estimate of drug-likeness (QED) is 0.410. The normalized spacial score (nSPS) is 11.5. The predicted molar refractivity (Wildman–Crippen MR) is 134 cm³/mol. The molecule has 2 aromatic carbocycles. The molecule has 3 rings (SSSR count). The molecular weight excluding hydrogens is 426 g/mol. The van der Waals surface area contributed by atoms with Crippen molar-refractivity contribution in [3.05, 3.63) is 57.1 Å². The number of anilines is 1. The zero-order chi connectivity index (χ0) is 22.7. The van der Waals surface area contributed by atoms with Crippen molar-refractivity contribution in [2.75, 3.05) is 31.1 Å². The van der Waals surface area contributed by atoms with Crippen LogP contribution in [0.5, 0.6) is 0 Å². The van der Waals surface area contributed by atoms with Gasteiger partial charge in [-0.25, -0.2) is 4.98 Å². The number of halogens is 1. The van der Waals surface area contributed by atoms with E-state index >= 15 is 0 Å². The van der Waals surface area contributed by atoms with Crippen molar-refractivity contribution in [1.29, 1.82) is 0 Å².